The molecule has 3 unspecified atom stereocenters. The maximum atomic E-state index is 13.5. The van der Waals surface area contributed by atoms with Crippen LogP contribution in [0.15, 0.2) is 115 Å². The highest BCUT2D eigenvalue weighted by Gasteiger charge is 2.56. The molecule has 3 fully saturated rings. The molecular formula is C83H99ClN28O23S6. The summed E-state index contributed by atoms with van der Waals surface area (Å²) in [5.74, 6) is -14.1. The summed E-state index contributed by atoms with van der Waals surface area (Å²) < 4.78 is 4.65. The Bertz CT molecular complexity index is 6300. The Morgan fingerprint density at radius 2 is 0.865 bits per heavy atom. The normalized spacial score (nSPS) is 18.2. The number of carbonyl (C=O) groups is 14. The number of aromatic nitrogens is 9. The van der Waals surface area contributed by atoms with Crippen LogP contribution in [0.3, 0.4) is 0 Å². The van der Waals surface area contributed by atoms with Crippen molar-refractivity contribution in [2.45, 2.75) is 152 Å². The first-order valence-electron chi connectivity index (χ1n) is 42.3. The predicted molar refractivity (Wildman–Crippen MR) is 511 cm³/mol. The molecule has 58 heteroatoms. The van der Waals surface area contributed by atoms with Crippen molar-refractivity contribution < 1.29 is 126 Å². The number of carbonyl (C=O) groups excluding carboxylic acids is 11. The second-order valence-corrected chi connectivity index (χ2v) is 39.6. The molecule has 4 amide bonds. The summed E-state index contributed by atoms with van der Waals surface area (Å²) in [6.45, 7) is 8.90. The fourth-order valence-corrected chi connectivity index (χ4v) is 20.1. The molecule has 0 aliphatic carbocycles. The Morgan fingerprint density at radius 3 is 1.21 bits per heavy atom. The molecule has 6 aliphatic rings. The molecule has 0 radical (unpaired) electrons. The van der Waals surface area contributed by atoms with Gasteiger partial charge in [0.2, 0.25) is 94.3 Å². The number of carboxylic acids is 6. The number of allylic oxidation sites excluding steroid dienone is 6. The number of nitrogens with one attached hydrogen (secondary N) is 1. The van der Waals surface area contributed by atoms with Crippen LogP contribution in [0.5, 0.6) is 0 Å². The third-order valence-corrected chi connectivity index (χ3v) is 28.3. The van der Waals surface area contributed by atoms with E-state index in [1.807, 2.05) is 0 Å². The van der Waals surface area contributed by atoms with E-state index in [-0.39, 0.29) is 187 Å². The van der Waals surface area contributed by atoms with Gasteiger partial charge in [-0.3, -0.25) is 53.1 Å². The van der Waals surface area contributed by atoms with Gasteiger partial charge in [-0.15, -0.1) is 58.0 Å². The molecule has 141 heavy (non-hydrogen) atoms. The van der Waals surface area contributed by atoms with Crippen LogP contribution in [0.4, 0.5) is 56.0 Å². The van der Waals surface area contributed by atoms with Crippen LogP contribution in [0.2, 0.25) is 4.34 Å². The lowest BCUT2D eigenvalue weighted by atomic mass is 9.89. The number of Topliss-reactive ketones (excluding diaryl/α,β-unsaturated/α-hetero) is 4. The monoisotopic (exact) mass is 2080 g/mol. The Balaban J connectivity index is 0.000000218. The van der Waals surface area contributed by atoms with Gasteiger partial charge in [0, 0.05) is 66.5 Å². The number of nitrogens with two attached hydrogens (primary N) is 12. The Hall–Kier alpha value is -14.2. The van der Waals surface area contributed by atoms with Gasteiger partial charge in [0.1, 0.15) is 27.2 Å². The van der Waals surface area contributed by atoms with E-state index < -0.39 is 134 Å². The van der Waals surface area contributed by atoms with E-state index in [4.69, 9.17) is 94.9 Å². The Morgan fingerprint density at radius 1 is 0.504 bits per heavy atom. The van der Waals surface area contributed by atoms with Gasteiger partial charge < -0.3 is 134 Å². The van der Waals surface area contributed by atoms with Gasteiger partial charge >= 0.3 is 17.9 Å². The number of carboxylic acid groups (broad SMARTS) is 6. The molecule has 752 valence electrons. The zero-order valence-corrected chi connectivity index (χ0v) is 81.7. The van der Waals surface area contributed by atoms with Crippen molar-refractivity contribution in [1.82, 2.24) is 44.6 Å². The predicted octanol–water partition coefficient (Wildman–Crippen LogP) is -3.60. The number of ketones is 4. The number of aliphatic carboxylic acids is 6. The number of β-lactam (4-membered cyclic amide) rings is 3. The fourth-order valence-electron chi connectivity index (χ4n) is 13.9. The number of hydrogen-bond donors (Lipinski definition) is 16. The minimum atomic E-state index is -1.82. The maximum absolute atomic E-state index is 13.5. The molecule has 6 aromatic rings. The summed E-state index contributed by atoms with van der Waals surface area (Å²) in [4.78, 5) is 218. The SMILES string of the molecule is CC(C)(O/N=C(\C(=O)C[C@@H]1C(=O)N2C(C(=O)[O-])=C(/C=C/C[n+]3cnc(N)c(CC(=O)CCN)c3N)CSC12)c1csc(N)n1)C(=O)O.CC(C)(O/N=C(\C(=O)C[C@@H]1C(=O)N2C(C(=O)[O-])=C(/C=C/C[n+]3cnc(N)c(CCCN)c3N)CSC12)c1csc(N)n1)C(=O)O.CC(C)(O/N=C(\C(=O)C[C@@H]1C(=O)N2C(C(=O)[O-])=C(/C=C/C[n+]3cnc(N)c(NC(=O)CCCN)c3N)CSC12)c1nc(N)sc1Cl)C(=O)O. The first-order chi connectivity index (χ1) is 66.5. The van der Waals surface area contributed by atoms with Gasteiger partial charge in [-0.05, 0) is 97.2 Å². The van der Waals surface area contributed by atoms with Crippen LogP contribution >= 0.6 is 80.9 Å². The number of thiazole rings is 3. The average molecular weight is 2080 g/mol. The molecule has 6 aromatic heterocycles. The number of rotatable bonds is 44. The van der Waals surface area contributed by atoms with Crippen LogP contribution in [0, 0.1) is 17.8 Å². The van der Waals surface area contributed by atoms with Gasteiger partial charge in [-0.25, -0.2) is 43.0 Å². The van der Waals surface area contributed by atoms with Crippen molar-refractivity contribution in [3.05, 3.63) is 133 Å². The number of oxime groups is 3. The molecule has 12 heterocycles. The van der Waals surface area contributed by atoms with E-state index in [0.717, 1.165) is 48.7 Å². The van der Waals surface area contributed by atoms with Crippen LogP contribution < -0.4 is 103 Å². The molecule has 0 saturated carbocycles. The van der Waals surface area contributed by atoms with Crippen molar-refractivity contribution in [2.75, 3.05) is 93.8 Å². The van der Waals surface area contributed by atoms with Gasteiger partial charge in [-0.1, -0.05) is 89.8 Å². The Labute approximate surface area is 830 Å². The number of fused-ring (bicyclic) bond motifs is 3. The molecule has 6 atom stereocenters. The van der Waals surface area contributed by atoms with Crippen LogP contribution in [0.25, 0.3) is 0 Å². The van der Waals surface area contributed by atoms with Gasteiger partial charge in [-0.2, -0.15) is 0 Å². The number of nitrogens with zero attached hydrogens (tertiary/aromatic N) is 15. The summed E-state index contributed by atoms with van der Waals surface area (Å²) in [6.07, 6.45) is 14.5. The third-order valence-electron chi connectivity index (χ3n) is 21.8. The smallest absolute Gasteiger partial charge is 0.350 e. The topological polar surface area (TPSA) is 857 Å². The standard InChI is InChI=1S/C28H33ClN10O8S2.C28H33N9O8S2.C27H33N9O7S2/c1-28(2,26(45)46)47-37-16(17-20(29)49-27(33)36-17)14(40)9-13-23(42)39-19(25(43)44)12(10-48-24(13)39)5-4-8-38-11-34-21(31)18(22(38)32)35-15(41)6-3-7-30;1-28(2,26(43)44)45-35-19(17-11-47-27(32)34-17)18(39)9-16-23(40)37-20(25(41)42)13(10-46-24(16)37)4-3-7-36-12-33-21(30)15(22(36)31)8-14(38)5-6-29;1-27(2,25(41)42)43-34-18(16-11-45-26(31)33-16)17(37)9-15-22(38)36-19(24(39)40)13(10-44-23(15)36)5-4-8-35-12-32-20(29)14(21(35)30)6-3-7-28/h4-5,11,13,24H,3,6-10,30H2,1-2H3,(H8,31,32,33,35,36,37,40,41,43,44,45,46);3-4,11-12,16,24H,5-10,29H2,1-2H3,(H7,30,31,32,34,41,42,43,44);4-5,11-12,15,23H,3,6-10,28H2,1-2H3,(H7,29,30,31,33,39,40,41,42)/b5-4+;4-3+,35-19-;5-4+,34-18-/t13-,24?;16-,24?;15-,23?/m111/s1. The quantitative estimate of drug-likeness (QED) is 0.00761. The minimum absolute atomic E-state index is 0.00769. The maximum Gasteiger partial charge on any atom is 0.350 e. The number of thioether (sulfide) groups is 3. The van der Waals surface area contributed by atoms with Gasteiger partial charge in [0.25, 0.3) is 0 Å². The van der Waals surface area contributed by atoms with E-state index in [9.17, 15) is 97.8 Å². The first kappa shape index (κ1) is 109. The number of halogens is 1. The second-order valence-electron chi connectivity index (χ2n) is 32.9. The number of anilines is 10. The molecule has 12 rings (SSSR count). The lowest BCUT2D eigenvalue weighted by Crippen LogP contribution is -2.63. The van der Waals surface area contributed by atoms with Gasteiger partial charge in [0.15, 0.2) is 55.6 Å². The van der Waals surface area contributed by atoms with Crippen LogP contribution in [0.1, 0.15) is 115 Å². The summed E-state index contributed by atoms with van der Waals surface area (Å²) in [5.41, 5.74) is 64.8. The molecule has 0 bridgehead atoms. The number of nitrogen functional groups attached to an aromatic ring is 9. The summed E-state index contributed by atoms with van der Waals surface area (Å²) >= 11 is 12.9. The zero-order valence-electron chi connectivity index (χ0n) is 76.0. The lowest BCUT2D eigenvalue weighted by Gasteiger charge is -2.50. The molecule has 28 N–H and O–H groups in total. The zero-order chi connectivity index (χ0) is 104. The lowest BCUT2D eigenvalue weighted by molar-refractivity contribution is -0.675. The minimum Gasteiger partial charge on any atom is -0.543 e. The molecule has 6 aliphatic heterocycles. The van der Waals surface area contributed by atoms with Crippen molar-refractivity contribution >= 4 is 237 Å². The fraction of sp³-hybridized carbons (Fsp3) is 0.398. The highest BCUT2D eigenvalue weighted by Crippen LogP contribution is 2.49. The number of hydrogen-bond acceptors (Lipinski definition) is 47. The van der Waals surface area contributed by atoms with E-state index in [0.29, 0.717) is 66.3 Å². The summed E-state index contributed by atoms with van der Waals surface area (Å²) in [5, 5.41) is 79.8. The van der Waals surface area contributed by atoms with E-state index >= 15 is 0 Å². The van der Waals surface area contributed by atoms with E-state index in [1.165, 1.54) is 128 Å². The number of amides is 4. The summed E-state index contributed by atoms with van der Waals surface area (Å²) in [6, 6.07) is 0. The highest BCUT2D eigenvalue weighted by molar-refractivity contribution is 8.00. The third kappa shape index (κ3) is 25.5. The molecule has 51 nitrogen and oxygen atoms in total. The molecule has 0 spiro atoms. The largest absolute Gasteiger partial charge is 0.543 e. The van der Waals surface area contributed by atoms with E-state index in [1.54, 1.807) is 28.9 Å². The second kappa shape index (κ2) is 46.7. The van der Waals surface area contributed by atoms with Crippen LogP contribution in [-0.4, -0.2) is 229 Å². The van der Waals surface area contributed by atoms with Crippen LogP contribution in [-0.2, 0) is 114 Å². The van der Waals surface area contributed by atoms with Crippen molar-refractivity contribution in [1.29, 1.82) is 0 Å². The summed E-state index contributed by atoms with van der Waals surface area (Å²) in [7, 11) is 0. The Kier molecular flexibility index (Phi) is 36.0. The molecular weight excluding hydrogens is 1980 g/mol. The highest BCUT2D eigenvalue weighted by atomic mass is 35.5. The average Bonchev–Trinajstić information content (AvgIpc) is 1.17. The van der Waals surface area contributed by atoms with Crippen molar-refractivity contribution in [2.24, 2.45) is 50.4 Å². The molecule has 3 saturated heterocycles. The first-order valence-corrected chi connectivity index (χ1v) is 48.4. The molecule has 0 aromatic carbocycles. The van der Waals surface area contributed by atoms with Crippen molar-refractivity contribution in [3.8, 4) is 0 Å². The van der Waals surface area contributed by atoms with E-state index in [2.05, 4.69) is 50.7 Å². The van der Waals surface area contributed by atoms with Crippen molar-refractivity contribution in [3.63, 3.8) is 0 Å². The van der Waals surface area contributed by atoms with Gasteiger partial charge in [0.05, 0.1) is 99.6 Å².